The van der Waals surface area contributed by atoms with Crippen LogP contribution < -0.4 is 0 Å². The van der Waals surface area contributed by atoms with Gasteiger partial charge in [-0.15, -0.1) is 0 Å². The van der Waals surface area contributed by atoms with Gasteiger partial charge in [-0.3, -0.25) is 0 Å². The highest BCUT2D eigenvalue weighted by Gasteiger charge is 2.43. The molecule has 0 aromatic carbocycles. The van der Waals surface area contributed by atoms with Gasteiger partial charge >= 0.3 is 0 Å². The molecule has 0 aromatic heterocycles. The van der Waals surface area contributed by atoms with Gasteiger partial charge in [-0.05, 0) is 49.4 Å². The van der Waals surface area contributed by atoms with Gasteiger partial charge in [0.25, 0.3) is 0 Å². The predicted molar refractivity (Wildman–Crippen MR) is 81.9 cm³/mol. The Bertz CT molecular complexity index is 353. The monoisotopic (exact) mass is 262 g/mol. The fourth-order valence-electron chi connectivity index (χ4n) is 3.91. The Hall–Kier alpha value is -0.560. The molecule has 108 valence electrons. The number of aliphatic hydroxyl groups excluding tert-OH is 1. The molecule has 0 aromatic rings. The van der Waals surface area contributed by atoms with Gasteiger partial charge in [0.05, 0.1) is 0 Å². The van der Waals surface area contributed by atoms with Gasteiger partial charge < -0.3 is 5.11 Å². The Morgan fingerprint density at radius 3 is 2.47 bits per heavy atom. The number of aliphatic hydroxyl groups is 1. The third-order valence-electron chi connectivity index (χ3n) is 5.18. The van der Waals surface area contributed by atoms with Crippen molar-refractivity contribution in [3.63, 3.8) is 0 Å². The molecule has 1 heteroatoms. The van der Waals surface area contributed by atoms with Crippen molar-refractivity contribution >= 4 is 0 Å². The molecule has 0 aliphatic heterocycles. The van der Waals surface area contributed by atoms with Crippen LogP contribution in [0.15, 0.2) is 23.3 Å². The van der Waals surface area contributed by atoms with Crippen LogP contribution in [-0.2, 0) is 0 Å². The predicted octanol–water partition coefficient (Wildman–Crippen LogP) is 4.72. The summed E-state index contributed by atoms with van der Waals surface area (Å²) in [5.74, 6) is 2.76. The van der Waals surface area contributed by atoms with E-state index in [4.69, 9.17) is 0 Å². The maximum atomic E-state index is 9.33. The first kappa shape index (κ1) is 14.8. The first-order chi connectivity index (χ1) is 9.26. The molecule has 0 spiro atoms. The fourth-order valence-corrected chi connectivity index (χ4v) is 3.91. The zero-order valence-electron chi connectivity index (χ0n) is 12.9. The quantitative estimate of drug-likeness (QED) is 0.703. The lowest BCUT2D eigenvalue weighted by Crippen LogP contribution is -2.23. The van der Waals surface area contributed by atoms with Crippen LogP contribution in [-0.4, -0.2) is 11.7 Å². The Morgan fingerprint density at radius 1 is 1.16 bits per heavy atom. The van der Waals surface area contributed by atoms with E-state index in [9.17, 15) is 5.11 Å². The summed E-state index contributed by atoms with van der Waals surface area (Å²) < 4.78 is 0. The number of hydrogen-bond acceptors (Lipinski definition) is 1. The molecule has 4 atom stereocenters. The van der Waals surface area contributed by atoms with E-state index in [0.717, 1.165) is 11.8 Å². The highest BCUT2D eigenvalue weighted by atomic mass is 16.3. The molecular formula is C18H30O. The van der Waals surface area contributed by atoms with E-state index in [1.165, 1.54) is 38.5 Å². The van der Waals surface area contributed by atoms with Crippen molar-refractivity contribution in [2.75, 3.05) is 6.61 Å². The minimum atomic E-state index is 0.377. The van der Waals surface area contributed by atoms with Crippen LogP contribution in [0.25, 0.3) is 0 Å². The standard InChI is InChI=1S/C18H30O/c1-4-7-8-16-13(5-2)9-10-17(15(16)6-3)18-11-14(18)12-19/h9-10,14-16,18-19H,4-8,11-12H2,1-3H3. The van der Waals surface area contributed by atoms with Crippen molar-refractivity contribution in [2.24, 2.45) is 23.7 Å². The van der Waals surface area contributed by atoms with Crippen molar-refractivity contribution < 1.29 is 5.11 Å². The topological polar surface area (TPSA) is 20.2 Å². The van der Waals surface area contributed by atoms with E-state index in [0.29, 0.717) is 18.4 Å². The molecule has 0 bridgehead atoms. The molecular weight excluding hydrogens is 232 g/mol. The fraction of sp³-hybridized carbons (Fsp3) is 0.778. The van der Waals surface area contributed by atoms with Crippen molar-refractivity contribution in [2.45, 2.75) is 59.3 Å². The van der Waals surface area contributed by atoms with Gasteiger partial charge in [0, 0.05) is 6.61 Å². The van der Waals surface area contributed by atoms with Gasteiger partial charge in [-0.2, -0.15) is 0 Å². The second-order valence-corrected chi connectivity index (χ2v) is 6.31. The Balaban J connectivity index is 2.14. The minimum absolute atomic E-state index is 0.377. The third-order valence-corrected chi connectivity index (χ3v) is 5.18. The summed E-state index contributed by atoms with van der Waals surface area (Å²) in [6, 6.07) is 0. The van der Waals surface area contributed by atoms with Crippen LogP contribution in [0.2, 0.25) is 0 Å². The smallest absolute Gasteiger partial charge is 0.0465 e. The molecule has 1 nitrogen and oxygen atoms in total. The van der Waals surface area contributed by atoms with E-state index < -0.39 is 0 Å². The Labute approximate surface area is 118 Å². The van der Waals surface area contributed by atoms with E-state index in [1.807, 2.05) is 0 Å². The number of allylic oxidation sites excluding steroid dienone is 4. The highest BCUT2D eigenvalue weighted by Crippen LogP contribution is 2.51. The lowest BCUT2D eigenvalue weighted by molar-refractivity contribution is 0.267. The molecule has 2 aliphatic carbocycles. The van der Waals surface area contributed by atoms with Crippen molar-refractivity contribution in [3.8, 4) is 0 Å². The number of hydrogen-bond donors (Lipinski definition) is 1. The average molecular weight is 262 g/mol. The second-order valence-electron chi connectivity index (χ2n) is 6.31. The largest absolute Gasteiger partial charge is 0.396 e. The number of rotatable bonds is 7. The molecule has 4 unspecified atom stereocenters. The molecule has 1 fully saturated rings. The van der Waals surface area contributed by atoms with Gasteiger partial charge in [-0.25, -0.2) is 0 Å². The van der Waals surface area contributed by atoms with Crippen LogP contribution in [0.5, 0.6) is 0 Å². The zero-order valence-corrected chi connectivity index (χ0v) is 12.9. The van der Waals surface area contributed by atoms with Gasteiger partial charge in [0.1, 0.15) is 0 Å². The molecule has 1 N–H and O–H groups in total. The first-order valence-electron chi connectivity index (χ1n) is 8.28. The van der Waals surface area contributed by atoms with Crippen LogP contribution in [0, 0.1) is 23.7 Å². The molecule has 19 heavy (non-hydrogen) atoms. The van der Waals surface area contributed by atoms with E-state index in [1.54, 1.807) is 11.1 Å². The minimum Gasteiger partial charge on any atom is -0.396 e. The summed E-state index contributed by atoms with van der Waals surface area (Å²) in [6.07, 6.45) is 12.5. The van der Waals surface area contributed by atoms with Crippen LogP contribution in [0.1, 0.15) is 59.3 Å². The first-order valence-corrected chi connectivity index (χ1v) is 8.28. The van der Waals surface area contributed by atoms with Crippen molar-refractivity contribution in [3.05, 3.63) is 23.3 Å². The Kier molecular flexibility index (Phi) is 5.27. The SMILES string of the molecule is CCCCC1C(CC)=CC=C(C2CC2CO)C1CC. The summed E-state index contributed by atoms with van der Waals surface area (Å²) in [5.41, 5.74) is 3.31. The number of unbranched alkanes of at least 4 members (excludes halogenated alkanes) is 1. The molecule has 0 amide bonds. The lowest BCUT2D eigenvalue weighted by Gasteiger charge is -2.34. The van der Waals surface area contributed by atoms with Gasteiger partial charge in [0.2, 0.25) is 0 Å². The normalized spacial score (nSPS) is 33.9. The van der Waals surface area contributed by atoms with Gasteiger partial charge in [0.15, 0.2) is 0 Å². The second kappa shape index (κ2) is 6.74. The van der Waals surface area contributed by atoms with Crippen LogP contribution in [0.4, 0.5) is 0 Å². The van der Waals surface area contributed by atoms with E-state index in [2.05, 4.69) is 32.9 Å². The molecule has 0 heterocycles. The van der Waals surface area contributed by atoms with Crippen molar-refractivity contribution in [1.29, 1.82) is 0 Å². The summed E-state index contributed by atoms with van der Waals surface area (Å²) in [5, 5.41) is 9.33. The zero-order chi connectivity index (χ0) is 13.8. The average Bonchev–Trinajstić information content (AvgIpc) is 3.23. The molecule has 1 saturated carbocycles. The van der Waals surface area contributed by atoms with Gasteiger partial charge in [-0.1, -0.05) is 56.9 Å². The van der Waals surface area contributed by atoms with E-state index in [-0.39, 0.29) is 0 Å². The molecule has 2 rings (SSSR count). The van der Waals surface area contributed by atoms with Crippen LogP contribution >= 0.6 is 0 Å². The summed E-state index contributed by atoms with van der Waals surface area (Å²) in [4.78, 5) is 0. The maximum absolute atomic E-state index is 9.33. The summed E-state index contributed by atoms with van der Waals surface area (Å²) in [7, 11) is 0. The molecule has 0 radical (unpaired) electrons. The summed E-state index contributed by atoms with van der Waals surface area (Å²) in [6.45, 7) is 7.30. The summed E-state index contributed by atoms with van der Waals surface area (Å²) >= 11 is 0. The van der Waals surface area contributed by atoms with E-state index >= 15 is 0 Å². The lowest BCUT2D eigenvalue weighted by atomic mass is 9.71. The molecule has 2 aliphatic rings. The third kappa shape index (κ3) is 3.13. The Morgan fingerprint density at radius 2 is 1.95 bits per heavy atom. The molecule has 0 saturated heterocycles. The van der Waals surface area contributed by atoms with Crippen molar-refractivity contribution in [1.82, 2.24) is 0 Å². The maximum Gasteiger partial charge on any atom is 0.0465 e. The van der Waals surface area contributed by atoms with Crippen LogP contribution in [0.3, 0.4) is 0 Å². The highest BCUT2D eigenvalue weighted by molar-refractivity contribution is 5.33.